The minimum atomic E-state index is 0.513. The number of rotatable bonds is 2. The van der Waals surface area contributed by atoms with Gasteiger partial charge in [0, 0.05) is 28.0 Å². The summed E-state index contributed by atoms with van der Waals surface area (Å²) in [6.45, 7) is 1.19. The van der Waals surface area contributed by atoms with Crippen molar-refractivity contribution in [1.29, 1.82) is 0 Å². The zero-order valence-corrected chi connectivity index (χ0v) is 12.9. The summed E-state index contributed by atoms with van der Waals surface area (Å²) in [6, 6.07) is 13.6. The van der Waals surface area contributed by atoms with Crippen molar-refractivity contribution < 1.29 is 0 Å². The van der Waals surface area contributed by atoms with E-state index in [-0.39, 0.29) is 0 Å². The molecule has 3 heteroatoms. The van der Waals surface area contributed by atoms with Gasteiger partial charge in [0.2, 0.25) is 0 Å². The molecule has 1 aliphatic rings. The average molecular weight is 294 g/mol. The van der Waals surface area contributed by atoms with Crippen LogP contribution in [0.1, 0.15) is 24.4 Å². The second-order valence-corrected chi connectivity index (χ2v) is 6.83. The van der Waals surface area contributed by atoms with Gasteiger partial charge in [0.15, 0.2) is 0 Å². The minimum absolute atomic E-state index is 0.513. The molecule has 3 heterocycles. The summed E-state index contributed by atoms with van der Waals surface area (Å²) < 4.78 is 1.36. The van der Waals surface area contributed by atoms with E-state index in [9.17, 15) is 0 Å². The van der Waals surface area contributed by atoms with Crippen molar-refractivity contribution in [3.05, 3.63) is 54.4 Å². The molecular weight excluding hydrogens is 276 g/mol. The molecule has 3 aromatic rings. The highest BCUT2D eigenvalue weighted by atomic mass is 32.1. The molecule has 0 bridgehead atoms. The summed E-state index contributed by atoms with van der Waals surface area (Å²) in [6.07, 6.45) is 6.49. The zero-order valence-electron chi connectivity index (χ0n) is 12.1. The van der Waals surface area contributed by atoms with Gasteiger partial charge >= 0.3 is 0 Å². The van der Waals surface area contributed by atoms with E-state index in [0.29, 0.717) is 6.04 Å². The van der Waals surface area contributed by atoms with Gasteiger partial charge in [0.1, 0.15) is 0 Å². The standard InChI is InChI=1S/C18H18N2S/c1-20-10-4-6-16(20)15-12-19-9-8-14(15)18-11-13-5-2-3-7-17(13)21-18/h2-3,5,7-9,11-12,16H,4,6,10H2,1H3/t16-/m0/s1. The third-order valence-electron chi connectivity index (χ3n) is 4.42. The van der Waals surface area contributed by atoms with Gasteiger partial charge in [-0.05, 0) is 61.1 Å². The first kappa shape index (κ1) is 13.0. The van der Waals surface area contributed by atoms with Gasteiger partial charge in [-0.1, -0.05) is 18.2 Å². The molecule has 4 rings (SSSR count). The summed E-state index contributed by atoms with van der Waals surface area (Å²) in [4.78, 5) is 8.19. The summed E-state index contributed by atoms with van der Waals surface area (Å²) in [5, 5.41) is 1.33. The second kappa shape index (κ2) is 5.24. The van der Waals surface area contributed by atoms with Gasteiger partial charge in [-0.2, -0.15) is 0 Å². The van der Waals surface area contributed by atoms with Crippen LogP contribution in [0.4, 0.5) is 0 Å². The summed E-state index contributed by atoms with van der Waals surface area (Å²) in [5.41, 5.74) is 2.73. The monoisotopic (exact) mass is 294 g/mol. The van der Waals surface area contributed by atoms with Crippen molar-refractivity contribution >= 4 is 21.4 Å². The Morgan fingerprint density at radius 3 is 2.95 bits per heavy atom. The van der Waals surface area contributed by atoms with Gasteiger partial charge < -0.3 is 0 Å². The number of pyridine rings is 1. The van der Waals surface area contributed by atoms with Gasteiger partial charge in [-0.25, -0.2) is 0 Å². The Morgan fingerprint density at radius 1 is 1.24 bits per heavy atom. The van der Waals surface area contributed by atoms with Crippen molar-refractivity contribution in [1.82, 2.24) is 9.88 Å². The lowest BCUT2D eigenvalue weighted by Gasteiger charge is -2.21. The molecule has 1 saturated heterocycles. The van der Waals surface area contributed by atoms with E-state index >= 15 is 0 Å². The maximum Gasteiger partial charge on any atom is 0.0367 e. The smallest absolute Gasteiger partial charge is 0.0367 e. The molecule has 0 spiro atoms. The van der Waals surface area contributed by atoms with E-state index in [0.717, 1.165) is 0 Å². The van der Waals surface area contributed by atoms with E-state index < -0.39 is 0 Å². The van der Waals surface area contributed by atoms with Crippen LogP contribution in [-0.4, -0.2) is 23.5 Å². The molecule has 1 fully saturated rings. The first-order valence-corrected chi connectivity index (χ1v) is 8.28. The van der Waals surface area contributed by atoms with Crippen molar-refractivity contribution in [2.24, 2.45) is 0 Å². The third-order valence-corrected chi connectivity index (χ3v) is 5.57. The normalized spacial score (nSPS) is 19.4. The van der Waals surface area contributed by atoms with Crippen molar-refractivity contribution in [3.63, 3.8) is 0 Å². The van der Waals surface area contributed by atoms with Crippen molar-refractivity contribution in [2.75, 3.05) is 13.6 Å². The number of benzene rings is 1. The lowest BCUT2D eigenvalue weighted by Crippen LogP contribution is -2.18. The highest BCUT2D eigenvalue weighted by molar-refractivity contribution is 7.22. The van der Waals surface area contributed by atoms with Gasteiger partial charge in [-0.3, -0.25) is 9.88 Å². The van der Waals surface area contributed by atoms with Crippen molar-refractivity contribution in [2.45, 2.75) is 18.9 Å². The second-order valence-electron chi connectivity index (χ2n) is 5.75. The number of hydrogen-bond donors (Lipinski definition) is 0. The van der Waals surface area contributed by atoms with E-state index in [1.54, 1.807) is 0 Å². The van der Waals surface area contributed by atoms with E-state index in [4.69, 9.17) is 0 Å². The lowest BCUT2D eigenvalue weighted by molar-refractivity contribution is 0.317. The Morgan fingerprint density at radius 2 is 2.14 bits per heavy atom. The average Bonchev–Trinajstić information content (AvgIpc) is 3.13. The highest BCUT2D eigenvalue weighted by Gasteiger charge is 2.25. The summed E-state index contributed by atoms with van der Waals surface area (Å²) >= 11 is 1.88. The van der Waals surface area contributed by atoms with Crippen LogP contribution in [0.15, 0.2) is 48.8 Å². The van der Waals surface area contributed by atoms with Crippen LogP contribution in [0.2, 0.25) is 0 Å². The predicted octanol–water partition coefficient (Wildman–Crippen LogP) is 4.73. The Kier molecular flexibility index (Phi) is 3.24. The SMILES string of the molecule is CN1CCC[C@H]1c1cnccc1-c1cc2ccccc2s1. The van der Waals surface area contributed by atoms with Crippen LogP contribution < -0.4 is 0 Å². The summed E-state index contributed by atoms with van der Waals surface area (Å²) in [7, 11) is 2.22. The van der Waals surface area contributed by atoms with Crippen LogP contribution in [0.25, 0.3) is 20.5 Å². The Labute approximate surface area is 129 Å². The molecule has 0 saturated carbocycles. The topological polar surface area (TPSA) is 16.1 Å². The Balaban J connectivity index is 1.84. The largest absolute Gasteiger partial charge is 0.299 e. The number of hydrogen-bond acceptors (Lipinski definition) is 3. The van der Waals surface area contributed by atoms with Gasteiger partial charge in [-0.15, -0.1) is 11.3 Å². The molecule has 0 unspecified atom stereocenters. The molecule has 0 N–H and O–H groups in total. The Hall–Kier alpha value is -1.71. The maximum absolute atomic E-state index is 4.38. The molecule has 0 amide bonds. The molecule has 106 valence electrons. The van der Waals surface area contributed by atoms with Crippen molar-refractivity contribution in [3.8, 4) is 10.4 Å². The number of nitrogens with zero attached hydrogens (tertiary/aromatic N) is 2. The molecule has 1 aromatic carbocycles. The Bertz CT molecular complexity index is 744. The zero-order chi connectivity index (χ0) is 14.2. The highest BCUT2D eigenvalue weighted by Crippen LogP contribution is 2.40. The fourth-order valence-electron chi connectivity index (χ4n) is 3.31. The van der Waals surface area contributed by atoms with Crippen LogP contribution in [0.3, 0.4) is 0 Å². The number of aromatic nitrogens is 1. The first-order chi connectivity index (χ1) is 10.3. The molecule has 1 atom stereocenters. The van der Waals surface area contributed by atoms with Gasteiger partial charge in [0.05, 0.1) is 0 Å². The number of thiophene rings is 1. The van der Waals surface area contributed by atoms with E-state index in [1.165, 1.54) is 45.5 Å². The van der Waals surface area contributed by atoms with Crippen LogP contribution in [-0.2, 0) is 0 Å². The molecule has 0 aliphatic carbocycles. The summed E-state index contributed by atoms with van der Waals surface area (Å²) in [5.74, 6) is 0. The lowest BCUT2D eigenvalue weighted by atomic mass is 10.00. The van der Waals surface area contributed by atoms with E-state index in [2.05, 4.69) is 59.5 Å². The van der Waals surface area contributed by atoms with Gasteiger partial charge in [0.25, 0.3) is 0 Å². The molecule has 21 heavy (non-hydrogen) atoms. The number of likely N-dealkylation sites (tertiary alicyclic amines) is 1. The predicted molar refractivity (Wildman–Crippen MR) is 89.7 cm³/mol. The number of fused-ring (bicyclic) bond motifs is 1. The van der Waals surface area contributed by atoms with Crippen LogP contribution in [0.5, 0.6) is 0 Å². The molecule has 2 aromatic heterocycles. The molecular formula is C18H18N2S. The third kappa shape index (κ3) is 2.27. The molecule has 1 aliphatic heterocycles. The first-order valence-electron chi connectivity index (χ1n) is 7.46. The van der Waals surface area contributed by atoms with Crippen LogP contribution in [0, 0.1) is 0 Å². The quantitative estimate of drug-likeness (QED) is 0.679. The minimum Gasteiger partial charge on any atom is -0.299 e. The molecule has 2 nitrogen and oxygen atoms in total. The van der Waals surface area contributed by atoms with Crippen LogP contribution >= 0.6 is 11.3 Å². The fraction of sp³-hybridized carbons (Fsp3) is 0.278. The van der Waals surface area contributed by atoms with E-state index in [1.807, 2.05) is 17.5 Å². The maximum atomic E-state index is 4.38. The molecule has 0 radical (unpaired) electrons. The fourth-order valence-corrected chi connectivity index (χ4v) is 4.42.